The number of rotatable bonds is 12. The Labute approximate surface area is 258 Å². The molecule has 3 aromatic rings. The summed E-state index contributed by atoms with van der Waals surface area (Å²) in [5.74, 6) is 0.304. The molecule has 0 aromatic heterocycles. The molecule has 1 saturated heterocycles. The maximum atomic E-state index is 11.6. The molecule has 4 rings (SSSR count). The number of ether oxygens (including phenoxy) is 4. The number of likely N-dealkylation sites (tertiary alicyclic amines) is 1. The molecule has 0 radical (unpaired) electrons. The molecule has 0 spiro atoms. The van der Waals surface area contributed by atoms with Crippen molar-refractivity contribution in [2.24, 2.45) is 5.92 Å². The van der Waals surface area contributed by atoms with Gasteiger partial charge in [-0.1, -0.05) is 24.3 Å². The second-order valence-electron chi connectivity index (χ2n) is 10.4. The van der Waals surface area contributed by atoms with Crippen molar-refractivity contribution in [3.63, 3.8) is 0 Å². The molecule has 10 heteroatoms. The van der Waals surface area contributed by atoms with Crippen LogP contribution in [0.25, 0.3) is 0 Å². The lowest BCUT2D eigenvalue weighted by Crippen LogP contribution is -2.36. The lowest BCUT2D eigenvalue weighted by Gasteiger charge is -2.36. The average Bonchev–Trinajstić information content (AvgIpc) is 3.04. The molecule has 44 heavy (non-hydrogen) atoms. The SMILES string of the molecule is COc1ccc(C(c2ccc(OC)cc2)C2CCN(CCCOc3ccc(C(C)=O)cc3OC)CC2)cc1.O=C(O)C(=O)O. The minimum absolute atomic E-state index is 0.0134. The van der Waals surface area contributed by atoms with Crippen LogP contribution >= 0.6 is 0 Å². The highest BCUT2D eigenvalue weighted by atomic mass is 16.5. The van der Waals surface area contributed by atoms with Gasteiger partial charge in [0, 0.05) is 18.0 Å². The molecule has 0 unspecified atom stereocenters. The number of piperidine rings is 1. The second-order valence-corrected chi connectivity index (χ2v) is 10.4. The van der Waals surface area contributed by atoms with Gasteiger partial charge in [0.25, 0.3) is 0 Å². The molecular formula is C34H41NO9. The summed E-state index contributed by atoms with van der Waals surface area (Å²) in [4.78, 5) is 32.4. The summed E-state index contributed by atoms with van der Waals surface area (Å²) in [6.07, 6.45) is 3.22. The summed E-state index contributed by atoms with van der Waals surface area (Å²) >= 11 is 0. The maximum Gasteiger partial charge on any atom is 0.414 e. The highest BCUT2D eigenvalue weighted by molar-refractivity contribution is 6.27. The molecule has 1 fully saturated rings. The Morgan fingerprint density at radius 3 is 1.73 bits per heavy atom. The number of carboxylic acid groups (broad SMARTS) is 2. The lowest BCUT2D eigenvalue weighted by atomic mass is 9.76. The van der Waals surface area contributed by atoms with Crippen molar-refractivity contribution in [2.75, 3.05) is 47.6 Å². The van der Waals surface area contributed by atoms with Crippen molar-refractivity contribution in [1.29, 1.82) is 0 Å². The van der Waals surface area contributed by atoms with Gasteiger partial charge in [-0.05, 0) is 98.8 Å². The summed E-state index contributed by atoms with van der Waals surface area (Å²) in [6, 6.07) is 22.4. The molecule has 1 aliphatic rings. The Morgan fingerprint density at radius 1 is 0.773 bits per heavy atom. The molecule has 0 saturated carbocycles. The van der Waals surface area contributed by atoms with Crippen LogP contribution in [0.4, 0.5) is 0 Å². The van der Waals surface area contributed by atoms with Crippen LogP contribution in [0.5, 0.6) is 23.0 Å². The number of benzene rings is 3. The lowest BCUT2D eigenvalue weighted by molar-refractivity contribution is -0.159. The first kappa shape index (κ1) is 33.9. The largest absolute Gasteiger partial charge is 0.497 e. The van der Waals surface area contributed by atoms with E-state index in [1.165, 1.54) is 11.1 Å². The Hall–Kier alpha value is -4.57. The van der Waals surface area contributed by atoms with Crippen molar-refractivity contribution in [3.05, 3.63) is 83.4 Å². The monoisotopic (exact) mass is 607 g/mol. The standard InChI is InChI=1S/C32H39NO5.C2H2O4/c1-23(34)27-10-15-30(31(22-27)37-4)38-21-5-18-33-19-16-26(17-20-33)32(24-6-11-28(35-2)12-7-24)25-8-13-29(36-3)14-9-25;3-1(4)2(5)6/h6-15,22,26,32H,5,16-21H2,1-4H3;(H,3,4)(H,5,6). The number of nitrogens with zero attached hydrogens (tertiary/aromatic N) is 1. The van der Waals surface area contributed by atoms with Crippen molar-refractivity contribution < 1.29 is 43.5 Å². The molecule has 0 bridgehead atoms. The van der Waals surface area contributed by atoms with Gasteiger partial charge in [0.1, 0.15) is 11.5 Å². The third-order valence-electron chi connectivity index (χ3n) is 7.68. The van der Waals surface area contributed by atoms with Gasteiger partial charge in [0.05, 0.1) is 27.9 Å². The number of Topliss-reactive ketones (excluding diaryl/α,β-unsaturated/α-hetero) is 1. The van der Waals surface area contributed by atoms with E-state index < -0.39 is 11.9 Å². The molecule has 3 aromatic carbocycles. The van der Waals surface area contributed by atoms with Gasteiger partial charge >= 0.3 is 11.9 Å². The van der Waals surface area contributed by atoms with Gasteiger partial charge in [-0.2, -0.15) is 0 Å². The molecule has 2 N–H and O–H groups in total. The van der Waals surface area contributed by atoms with E-state index >= 15 is 0 Å². The van der Waals surface area contributed by atoms with Crippen LogP contribution in [-0.4, -0.2) is 80.4 Å². The van der Waals surface area contributed by atoms with E-state index in [2.05, 4.69) is 53.4 Å². The fourth-order valence-corrected chi connectivity index (χ4v) is 5.35. The minimum atomic E-state index is -1.82. The summed E-state index contributed by atoms with van der Waals surface area (Å²) in [7, 11) is 5.01. The molecule has 10 nitrogen and oxygen atoms in total. The van der Waals surface area contributed by atoms with Gasteiger partial charge < -0.3 is 34.1 Å². The number of hydrogen-bond donors (Lipinski definition) is 2. The van der Waals surface area contributed by atoms with E-state index in [9.17, 15) is 4.79 Å². The van der Waals surface area contributed by atoms with Gasteiger partial charge in [-0.3, -0.25) is 4.79 Å². The van der Waals surface area contributed by atoms with Crippen molar-refractivity contribution in [1.82, 2.24) is 4.90 Å². The number of aliphatic carboxylic acids is 2. The second kappa shape index (κ2) is 16.9. The van der Waals surface area contributed by atoms with Crippen LogP contribution in [-0.2, 0) is 9.59 Å². The predicted octanol–water partition coefficient (Wildman–Crippen LogP) is 5.38. The zero-order valence-electron chi connectivity index (χ0n) is 25.7. The van der Waals surface area contributed by atoms with Gasteiger partial charge in [-0.25, -0.2) is 9.59 Å². The normalized spacial score (nSPS) is 13.4. The molecule has 0 amide bonds. The van der Waals surface area contributed by atoms with Crippen molar-refractivity contribution in [2.45, 2.75) is 32.1 Å². The average molecular weight is 608 g/mol. The molecule has 0 atom stereocenters. The highest BCUT2D eigenvalue weighted by Crippen LogP contribution is 2.39. The van der Waals surface area contributed by atoms with E-state index in [-0.39, 0.29) is 5.78 Å². The molecular weight excluding hydrogens is 566 g/mol. The van der Waals surface area contributed by atoms with Crippen molar-refractivity contribution in [3.8, 4) is 23.0 Å². The van der Waals surface area contributed by atoms with Gasteiger partial charge in [-0.15, -0.1) is 0 Å². The van der Waals surface area contributed by atoms with Crippen molar-refractivity contribution >= 4 is 17.7 Å². The van der Waals surface area contributed by atoms with E-state index in [1.54, 1.807) is 40.4 Å². The van der Waals surface area contributed by atoms with E-state index in [0.29, 0.717) is 35.5 Å². The number of carbonyl (C=O) groups is 3. The summed E-state index contributed by atoms with van der Waals surface area (Å²) < 4.78 is 22.2. The van der Waals surface area contributed by atoms with E-state index in [1.807, 2.05) is 6.07 Å². The highest BCUT2D eigenvalue weighted by Gasteiger charge is 2.29. The predicted molar refractivity (Wildman–Crippen MR) is 165 cm³/mol. The maximum absolute atomic E-state index is 11.6. The van der Waals surface area contributed by atoms with E-state index in [4.69, 9.17) is 38.7 Å². The molecule has 1 heterocycles. The summed E-state index contributed by atoms with van der Waals surface area (Å²) in [5.41, 5.74) is 3.28. The summed E-state index contributed by atoms with van der Waals surface area (Å²) in [5, 5.41) is 14.8. The fraction of sp³-hybridized carbons (Fsp3) is 0.382. The Morgan fingerprint density at radius 2 is 1.30 bits per heavy atom. The third-order valence-corrected chi connectivity index (χ3v) is 7.68. The number of ketones is 1. The number of methoxy groups -OCH3 is 3. The van der Waals surface area contributed by atoms with Crippen LogP contribution in [0, 0.1) is 5.92 Å². The van der Waals surface area contributed by atoms with Gasteiger partial charge in [0.2, 0.25) is 0 Å². The smallest absolute Gasteiger partial charge is 0.414 e. The zero-order valence-corrected chi connectivity index (χ0v) is 25.7. The van der Waals surface area contributed by atoms with Gasteiger partial charge in [0.15, 0.2) is 17.3 Å². The Kier molecular flexibility index (Phi) is 13.0. The van der Waals surface area contributed by atoms with Crippen LogP contribution in [0.15, 0.2) is 66.7 Å². The molecule has 236 valence electrons. The number of hydrogen-bond acceptors (Lipinski definition) is 8. The third kappa shape index (κ3) is 9.74. The zero-order chi connectivity index (χ0) is 32.1. The first-order chi connectivity index (χ1) is 21.2. The number of carboxylic acids is 2. The Bertz CT molecular complexity index is 1310. The first-order valence-electron chi connectivity index (χ1n) is 14.4. The topological polar surface area (TPSA) is 132 Å². The fourth-order valence-electron chi connectivity index (χ4n) is 5.35. The van der Waals surface area contributed by atoms with Crippen LogP contribution in [0.1, 0.15) is 53.6 Å². The first-order valence-corrected chi connectivity index (χ1v) is 14.4. The molecule has 1 aliphatic heterocycles. The Balaban J connectivity index is 0.000000801. The number of carbonyl (C=O) groups excluding carboxylic acids is 1. The molecule has 0 aliphatic carbocycles. The summed E-state index contributed by atoms with van der Waals surface area (Å²) in [6.45, 7) is 5.30. The minimum Gasteiger partial charge on any atom is -0.497 e. The van der Waals surface area contributed by atoms with Crippen LogP contribution < -0.4 is 18.9 Å². The van der Waals surface area contributed by atoms with E-state index in [0.717, 1.165) is 50.4 Å². The van der Waals surface area contributed by atoms with Crippen LogP contribution in [0.2, 0.25) is 0 Å². The quantitative estimate of drug-likeness (QED) is 0.157. The van der Waals surface area contributed by atoms with Crippen LogP contribution in [0.3, 0.4) is 0 Å².